The molecule has 11 nitrogen and oxygen atoms in total. The monoisotopic (exact) mass is 549 g/mol. The van der Waals surface area contributed by atoms with Crippen molar-refractivity contribution in [2.75, 3.05) is 31.6 Å². The highest BCUT2D eigenvalue weighted by atomic mass is 79.9. The molecule has 2 aliphatic rings. The summed E-state index contributed by atoms with van der Waals surface area (Å²) in [5, 5.41) is 21.7. The van der Waals surface area contributed by atoms with Crippen molar-refractivity contribution in [2.24, 2.45) is 0 Å². The Morgan fingerprint density at radius 2 is 1.86 bits per heavy atom. The van der Waals surface area contributed by atoms with Crippen LogP contribution in [-0.4, -0.2) is 79.5 Å². The molecule has 1 fully saturated rings. The molecule has 0 saturated carbocycles. The molecule has 0 bridgehead atoms. The third kappa shape index (κ3) is 5.49. The van der Waals surface area contributed by atoms with E-state index in [0.717, 1.165) is 26.8 Å². The SMILES string of the molecule is O=C(Cn1cc(Br)c(=O)n(CC(O)CO)c1=O)N1CCC(N2CCc3ccccc3NC2=O)CC1. The molecule has 0 aliphatic carbocycles. The van der Waals surface area contributed by atoms with Gasteiger partial charge in [0, 0.05) is 37.6 Å². The summed E-state index contributed by atoms with van der Waals surface area (Å²) >= 11 is 3.10. The molecule has 2 aliphatic heterocycles. The number of likely N-dealkylation sites (tertiary alicyclic amines) is 1. The maximum atomic E-state index is 12.9. The van der Waals surface area contributed by atoms with Gasteiger partial charge in [0.15, 0.2) is 0 Å². The van der Waals surface area contributed by atoms with Gasteiger partial charge in [0.2, 0.25) is 5.91 Å². The lowest BCUT2D eigenvalue weighted by molar-refractivity contribution is -0.133. The zero-order valence-electron chi connectivity index (χ0n) is 19.1. The van der Waals surface area contributed by atoms with Crippen LogP contribution in [-0.2, 0) is 24.3 Å². The first-order valence-corrected chi connectivity index (χ1v) is 12.3. The summed E-state index contributed by atoms with van der Waals surface area (Å²) in [7, 11) is 0. The number of hydrogen-bond acceptors (Lipinski definition) is 6. The molecule has 0 radical (unpaired) electrons. The number of nitrogens with zero attached hydrogens (tertiary/aromatic N) is 4. The van der Waals surface area contributed by atoms with Gasteiger partial charge in [-0.15, -0.1) is 0 Å². The Morgan fingerprint density at radius 3 is 2.57 bits per heavy atom. The number of urea groups is 1. The van der Waals surface area contributed by atoms with E-state index in [-0.39, 0.29) is 35.5 Å². The highest BCUT2D eigenvalue weighted by Gasteiger charge is 2.31. The van der Waals surface area contributed by atoms with Gasteiger partial charge in [-0.05, 0) is 46.8 Å². The minimum absolute atomic E-state index is 0.00658. The molecule has 3 N–H and O–H groups in total. The molecule has 35 heavy (non-hydrogen) atoms. The Morgan fingerprint density at radius 1 is 1.14 bits per heavy atom. The summed E-state index contributed by atoms with van der Waals surface area (Å²) in [6, 6.07) is 7.62. The fourth-order valence-electron chi connectivity index (χ4n) is 4.57. The number of hydrogen-bond donors (Lipinski definition) is 3. The third-order valence-corrected chi connectivity index (χ3v) is 7.05. The first-order chi connectivity index (χ1) is 16.8. The summed E-state index contributed by atoms with van der Waals surface area (Å²) in [5.74, 6) is -0.280. The number of aromatic nitrogens is 2. The van der Waals surface area contributed by atoms with Crippen molar-refractivity contribution >= 4 is 33.6 Å². The number of nitrogens with one attached hydrogen (secondary N) is 1. The molecule has 1 atom stereocenters. The van der Waals surface area contributed by atoms with Crippen LogP contribution < -0.4 is 16.6 Å². The Hall–Kier alpha value is -2.96. The average Bonchev–Trinajstić information content (AvgIpc) is 3.03. The van der Waals surface area contributed by atoms with E-state index in [1.165, 1.54) is 6.20 Å². The van der Waals surface area contributed by atoms with Gasteiger partial charge in [0.25, 0.3) is 5.56 Å². The van der Waals surface area contributed by atoms with E-state index in [4.69, 9.17) is 5.11 Å². The van der Waals surface area contributed by atoms with Crippen molar-refractivity contribution < 1.29 is 19.8 Å². The smallest absolute Gasteiger partial charge is 0.331 e. The van der Waals surface area contributed by atoms with E-state index >= 15 is 0 Å². The molecular weight excluding hydrogens is 522 g/mol. The standard InChI is InChI=1S/C23H28BrN5O6/c24-18-12-27(23(35)29(21(18)33)11-17(31)14-30)13-20(32)26-8-6-16(7-9-26)28-10-5-15-3-1-2-4-19(15)25-22(28)34/h1-4,12,16-17,30-31H,5-11,13-14H2,(H,25,34). The quantitative estimate of drug-likeness (QED) is 0.471. The third-order valence-electron chi connectivity index (χ3n) is 6.50. The van der Waals surface area contributed by atoms with Crippen LogP contribution in [0.5, 0.6) is 0 Å². The number of fused-ring (bicyclic) bond motifs is 1. The van der Waals surface area contributed by atoms with Gasteiger partial charge in [-0.2, -0.15) is 0 Å². The number of carbonyl (C=O) groups excluding carboxylic acids is 2. The number of aliphatic hydroxyl groups excluding tert-OH is 2. The molecule has 2 aromatic rings. The van der Waals surface area contributed by atoms with Crippen molar-refractivity contribution in [3.8, 4) is 0 Å². The lowest BCUT2D eigenvalue weighted by atomic mass is 10.0. The van der Waals surface area contributed by atoms with Crippen LogP contribution in [0.25, 0.3) is 0 Å². The highest BCUT2D eigenvalue weighted by molar-refractivity contribution is 9.10. The number of carbonyl (C=O) groups is 2. The predicted molar refractivity (Wildman–Crippen MR) is 131 cm³/mol. The first-order valence-electron chi connectivity index (χ1n) is 11.5. The van der Waals surface area contributed by atoms with E-state index in [1.807, 2.05) is 29.2 Å². The minimum atomic E-state index is -1.28. The summed E-state index contributed by atoms with van der Waals surface area (Å²) in [6.07, 6.45) is 1.98. The molecule has 4 rings (SSSR count). The van der Waals surface area contributed by atoms with Crippen molar-refractivity contribution in [3.63, 3.8) is 0 Å². The molecule has 3 heterocycles. The first kappa shape index (κ1) is 25.1. The molecule has 12 heteroatoms. The largest absolute Gasteiger partial charge is 0.394 e. The van der Waals surface area contributed by atoms with Gasteiger partial charge in [-0.1, -0.05) is 18.2 Å². The summed E-state index contributed by atoms with van der Waals surface area (Å²) in [4.78, 5) is 54.2. The maximum absolute atomic E-state index is 12.9. The molecule has 1 saturated heterocycles. The maximum Gasteiger partial charge on any atom is 0.331 e. The van der Waals surface area contributed by atoms with E-state index in [9.17, 15) is 24.3 Å². The molecular formula is C23H28BrN5O6. The number of rotatable bonds is 6. The van der Waals surface area contributed by atoms with Crippen LogP contribution in [0.2, 0.25) is 0 Å². The van der Waals surface area contributed by atoms with Gasteiger partial charge in [-0.3, -0.25) is 18.7 Å². The van der Waals surface area contributed by atoms with Crippen molar-refractivity contribution in [1.82, 2.24) is 18.9 Å². The Bertz CT molecular complexity index is 1220. The van der Waals surface area contributed by atoms with Crippen LogP contribution >= 0.6 is 15.9 Å². The summed E-state index contributed by atoms with van der Waals surface area (Å²) in [5.41, 5.74) is 0.539. The summed E-state index contributed by atoms with van der Waals surface area (Å²) in [6.45, 7) is 0.240. The second kappa shape index (κ2) is 10.8. The molecule has 1 aromatic carbocycles. The fourth-order valence-corrected chi connectivity index (χ4v) is 5.03. The topological polar surface area (TPSA) is 137 Å². The van der Waals surface area contributed by atoms with Gasteiger partial charge in [0.1, 0.15) is 6.54 Å². The fraction of sp³-hybridized carbons (Fsp3) is 0.478. The number of halogens is 1. The molecule has 3 amide bonds. The van der Waals surface area contributed by atoms with Crippen molar-refractivity contribution in [1.29, 1.82) is 0 Å². The van der Waals surface area contributed by atoms with Crippen LogP contribution in [0.3, 0.4) is 0 Å². The van der Waals surface area contributed by atoms with E-state index in [1.54, 1.807) is 4.90 Å². The van der Waals surface area contributed by atoms with Crippen LogP contribution in [0.15, 0.2) is 44.5 Å². The Labute approximate surface area is 209 Å². The molecule has 1 unspecified atom stereocenters. The van der Waals surface area contributed by atoms with E-state index in [2.05, 4.69) is 21.2 Å². The lowest BCUT2D eigenvalue weighted by Gasteiger charge is -2.38. The van der Waals surface area contributed by atoms with E-state index in [0.29, 0.717) is 32.5 Å². The highest BCUT2D eigenvalue weighted by Crippen LogP contribution is 2.24. The minimum Gasteiger partial charge on any atom is -0.394 e. The summed E-state index contributed by atoms with van der Waals surface area (Å²) < 4.78 is 1.98. The van der Waals surface area contributed by atoms with Crippen LogP contribution in [0, 0.1) is 0 Å². The van der Waals surface area contributed by atoms with E-state index < -0.39 is 24.0 Å². The Balaban J connectivity index is 1.39. The number of para-hydroxylation sites is 1. The molecule has 188 valence electrons. The number of benzene rings is 1. The number of anilines is 1. The van der Waals surface area contributed by atoms with Gasteiger partial charge in [0.05, 0.1) is 23.7 Å². The van der Waals surface area contributed by atoms with Crippen LogP contribution in [0.1, 0.15) is 18.4 Å². The number of aliphatic hydroxyl groups is 2. The average molecular weight is 550 g/mol. The zero-order chi connectivity index (χ0) is 25.1. The zero-order valence-corrected chi connectivity index (χ0v) is 20.7. The van der Waals surface area contributed by atoms with Gasteiger partial charge in [-0.25, -0.2) is 9.59 Å². The van der Waals surface area contributed by atoms with Crippen molar-refractivity contribution in [2.45, 2.75) is 44.5 Å². The lowest BCUT2D eigenvalue weighted by Crippen LogP contribution is -2.51. The Kier molecular flexibility index (Phi) is 7.72. The predicted octanol–water partition coefficient (Wildman–Crippen LogP) is 0.207. The molecule has 0 spiro atoms. The van der Waals surface area contributed by atoms with Gasteiger partial charge >= 0.3 is 11.7 Å². The molecule has 1 aromatic heterocycles. The number of amides is 3. The van der Waals surface area contributed by atoms with Gasteiger partial charge < -0.3 is 25.3 Å². The van der Waals surface area contributed by atoms with Crippen molar-refractivity contribution in [3.05, 3.63) is 61.3 Å². The normalized spacial score (nSPS) is 17.5. The second-order valence-electron chi connectivity index (χ2n) is 8.78. The van der Waals surface area contributed by atoms with Crippen LogP contribution in [0.4, 0.5) is 10.5 Å². The second-order valence-corrected chi connectivity index (χ2v) is 9.64. The number of piperidine rings is 1.